The van der Waals surface area contributed by atoms with Crippen LogP contribution >= 0.6 is 0 Å². The highest BCUT2D eigenvalue weighted by Gasteiger charge is 2.14. The molecule has 0 aliphatic carbocycles. The van der Waals surface area contributed by atoms with Crippen LogP contribution in [0, 0.1) is 0 Å². The molecule has 0 atom stereocenters. The smallest absolute Gasteiger partial charge is 0.325 e. The number of hydrogen-bond donors (Lipinski definition) is 2. The van der Waals surface area contributed by atoms with E-state index in [4.69, 9.17) is 4.74 Å². The lowest BCUT2D eigenvalue weighted by Crippen LogP contribution is -2.33. The average Bonchev–Trinajstić information content (AvgIpc) is 2.65. The quantitative estimate of drug-likeness (QED) is 0.721. The van der Waals surface area contributed by atoms with Crippen molar-refractivity contribution in [1.29, 1.82) is 0 Å². The summed E-state index contributed by atoms with van der Waals surface area (Å²) in [6, 6.07) is 16.7. The number of carbonyl (C=O) groups is 3. The molecule has 6 nitrogen and oxygen atoms in total. The number of amides is 2. The van der Waals surface area contributed by atoms with Gasteiger partial charge >= 0.3 is 5.97 Å². The summed E-state index contributed by atoms with van der Waals surface area (Å²) >= 11 is 0. The molecular weight excluding hydrogens is 356 g/mol. The summed E-state index contributed by atoms with van der Waals surface area (Å²) in [4.78, 5) is 35.4. The molecule has 2 N–H and O–H groups in total. The van der Waals surface area contributed by atoms with Gasteiger partial charge in [0.15, 0.2) is 6.61 Å². The molecular formula is C22H26N2O4. The second-order valence-electron chi connectivity index (χ2n) is 7.48. The van der Waals surface area contributed by atoms with E-state index in [2.05, 4.69) is 31.4 Å². The van der Waals surface area contributed by atoms with E-state index in [1.807, 2.05) is 54.6 Å². The van der Waals surface area contributed by atoms with Gasteiger partial charge in [0.2, 0.25) is 5.91 Å². The number of hydrogen-bond acceptors (Lipinski definition) is 4. The van der Waals surface area contributed by atoms with Crippen LogP contribution in [0.1, 0.15) is 31.9 Å². The zero-order chi connectivity index (χ0) is 20.6. The Morgan fingerprint density at radius 1 is 0.893 bits per heavy atom. The van der Waals surface area contributed by atoms with E-state index < -0.39 is 18.5 Å². The molecule has 0 bridgehead atoms. The van der Waals surface area contributed by atoms with E-state index in [0.717, 1.165) is 11.1 Å². The van der Waals surface area contributed by atoms with Crippen LogP contribution in [0.4, 0.5) is 5.69 Å². The van der Waals surface area contributed by atoms with Crippen LogP contribution in [0.3, 0.4) is 0 Å². The van der Waals surface area contributed by atoms with Crippen LogP contribution in [0.5, 0.6) is 0 Å². The van der Waals surface area contributed by atoms with E-state index in [-0.39, 0.29) is 24.3 Å². The molecule has 28 heavy (non-hydrogen) atoms. The summed E-state index contributed by atoms with van der Waals surface area (Å²) in [5.41, 5.74) is 2.67. The first kappa shape index (κ1) is 21.2. The number of anilines is 1. The van der Waals surface area contributed by atoms with Gasteiger partial charge in [-0.05, 0) is 28.7 Å². The van der Waals surface area contributed by atoms with Crippen molar-refractivity contribution in [2.45, 2.75) is 32.6 Å². The van der Waals surface area contributed by atoms with Gasteiger partial charge in [0.05, 0.1) is 6.42 Å². The molecule has 0 aliphatic heterocycles. The van der Waals surface area contributed by atoms with Crippen molar-refractivity contribution in [2.24, 2.45) is 0 Å². The fourth-order valence-electron chi connectivity index (χ4n) is 2.46. The molecule has 0 saturated carbocycles. The molecule has 0 aliphatic rings. The molecule has 0 unspecified atom stereocenters. The normalized spacial score (nSPS) is 10.8. The maximum atomic E-state index is 11.9. The van der Waals surface area contributed by atoms with Crippen LogP contribution in [-0.2, 0) is 31.0 Å². The third-order valence-corrected chi connectivity index (χ3v) is 4.04. The van der Waals surface area contributed by atoms with Crippen molar-refractivity contribution in [3.05, 3.63) is 65.7 Å². The lowest BCUT2D eigenvalue weighted by Gasteiger charge is -2.19. The Morgan fingerprint density at radius 2 is 1.54 bits per heavy atom. The van der Waals surface area contributed by atoms with Gasteiger partial charge in [-0.1, -0.05) is 63.2 Å². The second kappa shape index (κ2) is 9.69. The Morgan fingerprint density at radius 3 is 2.14 bits per heavy atom. The minimum absolute atomic E-state index is 0.0308. The van der Waals surface area contributed by atoms with Crippen LogP contribution in [0.15, 0.2) is 54.6 Å². The predicted octanol–water partition coefficient (Wildman–Crippen LogP) is 2.82. The van der Waals surface area contributed by atoms with E-state index in [1.54, 1.807) is 0 Å². The molecule has 0 radical (unpaired) electrons. The van der Waals surface area contributed by atoms with E-state index in [1.165, 1.54) is 0 Å². The average molecular weight is 382 g/mol. The van der Waals surface area contributed by atoms with Crippen molar-refractivity contribution < 1.29 is 19.1 Å². The van der Waals surface area contributed by atoms with Crippen molar-refractivity contribution >= 4 is 23.5 Å². The zero-order valence-electron chi connectivity index (χ0n) is 16.5. The fourth-order valence-corrected chi connectivity index (χ4v) is 2.46. The Labute approximate surface area is 165 Å². The Bertz CT molecular complexity index is 809. The van der Waals surface area contributed by atoms with Gasteiger partial charge in [-0.25, -0.2) is 0 Å². The van der Waals surface area contributed by atoms with Gasteiger partial charge in [-0.15, -0.1) is 0 Å². The third-order valence-electron chi connectivity index (χ3n) is 4.04. The van der Waals surface area contributed by atoms with Crippen LogP contribution in [0.2, 0.25) is 0 Å². The molecule has 2 rings (SSSR count). The highest BCUT2D eigenvalue weighted by molar-refractivity contribution is 5.93. The number of ether oxygens (including phenoxy) is 1. The number of nitrogens with one attached hydrogen (secondary N) is 2. The first-order valence-corrected chi connectivity index (χ1v) is 9.10. The molecule has 0 saturated heterocycles. The van der Waals surface area contributed by atoms with Crippen molar-refractivity contribution in [2.75, 3.05) is 18.5 Å². The first-order chi connectivity index (χ1) is 13.2. The molecule has 2 aromatic rings. The topological polar surface area (TPSA) is 84.5 Å². The van der Waals surface area contributed by atoms with E-state index in [0.29, 0.717) is 5.69 Å². The number of carbonyl (C=O) groups excluding carboxylic acids is 3. The summed E-state index contributed by atoms with van der Waals surface area (Å²) < 4.78 is 4.89. The summed E-state index contributed by atoms with van der Waals surface area (Å²) in [6.07, 6.45) is 0.180. The Hall–Kier alpha value is -3.15. The Kier molecular flexibility index (Phi) is 7.32. The predicted molar refractivity (Wildman–Crippen MR) is 108 cm³/mol. The molecule has 6 heteroatoms. The van der Waals surface area contributed by atoms with Gasteiger partial charge in [-0.2, -0.15) is 0 Å². The van der Waals surface area contributed by atoms with E-state index >= 15 is 0 Å². The molecule has 0 fully saturated rings. The summed E-state index contributed by atoms with van der Waals surface area (Å²) in [5, 5.41) is 5.15. The highest BCUT2D eigenvalue weighted by Crippen LogP contribution is 2.23. The number of benzene rings is 2. The van der Waals surface area contributed by atoms with Gasteiger partial charge in [-0.3, -0.25) is 14.4 Å². The lowest BCUT2D eigenvalue weighted by molar-refractivity contribution is -0.147. The molecule has 0 spiro atoms. The third kappa shape index (κ3) is 7.23. The van der Waals surface area contributed by atoms with Gasteiger partial charge in [0.25, 0.3) is 5.91 Å². The molecule has 2 aromatic carbocycles. The molecule has 0 heterocycles. The van der Waals surface area contributed by atoms with Crippen molar-refractivity contribution in [3.63, 3.8) is 0 Å². The monoisotopic (exact) mass is 382 g/mol. The minimum Gasteiger partial charge on any atom is -0.454 e. The number of esters is 1. The largest absolute Gasteiger partial charge is 0.454 e. The number of rotatable bonds is 7. The van der Waals surface area contributed by atoms with Crippen LogP contribution in [0.25, 0.3) is 0 Å². The SMILES string of the molecule is CC(C)(C)c1ccc(NC(=O)COC(=O)CNC(=O)Cc2ccccc2)cc1. The second-order valence-corrected chi connectivity index (χ2v) is 7.48. The van der Waals surface area contributed by atoms with Crippen molar-refractivity contribution in [1.82, 2.24) is 5.32 Å². The first-order valence-electron chi connectivity index (χ1n) is 9.10. The zero-order valence-corrected chi connectivity index (χ0v) is 16.5. The molecule has 2 amide bonds. The van der Waals surface area contributed by atoms with Gasteiger partial charge < -0.3 is 15.4 Å². The maximum absolute atomic E-state index is 11.9. The lowest BCUT2D eigenvalue weighted by atomic mass is 9.87. The molecule has 148 valence electrons. The van der Waals surface area contributed by atoms with Gasteiger partial charge in [0.1, 0.15) is 6.54 Å². The van der Waals surface area contributed by atoms with E-state index in [9.17, 15) is 14.4 Å². The summed E-state index contributed by atoms with van der Waals surface area (Å²) in [7, 11) is 0. The fraction of sp³-hybridized carbons (Fsp3) is 0.318. The van der Waals surface area contributed by atoms with Crippen LogP contribution in [-0.4, -0.2) is 30.9 Å². The Balaban J connectivity index is 1.69. The van der Waals surface area contributed by atoms with Crippen molar-refractivity contribution in [3.8, 4) is 0 Å². The minimum atomic E-state index is -0.667. The molecule has 0 aromatic heterocycles. The maximum Gasteiger partial charge on any atom is 0.325 e. The highest BCUT2D eigenvalue weighted by atomic mass is 16.5. The summed E-state index contributed by atoms with van der Waals surface area (Å²) in [6.45, 7) is 5.64. The van der Waals surface area contributed by atoms with Crippen LogP contribution < -0.4 is 10.6 Å². The van der Waals surface area contributed by atoms with Gasteiger partial charge in [0, 0.05) is 5.69 Å². The standard InChI is InChI=1S/C22H26N2O4/c1-22(2,3)17-9-11-18(12-10-17)24-20(26)15-28-21(27)14-23-19(25)13-16-7-5-4-6-8-16/h4-12H,13-15H2,1-3H3,(H,23,25)(H,24,26). The summed E-state index contributed by atoms with van der Waals surface area (Å²) in [5.74, 6) is -1.39.